The van der Waals surface area contributed by atoms with Crippen LogP contribution in [0.25, 0.3) is 0 Å². The number of aryl methyl sites for hydroxylation is 2. The molecule has 1 heterocycles. The van der Waals surface area contributed by atoms with Crippen LogP contribution < -0.4 is 9.47 Å². The third-order valence-corrected chi connectivity index (χ3v) is 5.70. The molecule has 1 aromatic heterocycles. The van der Waals surface area contributed by atoms with E-state index in [1.54, 1.807) is 48.7 Å². The SMILES string of the molecule is CCCCCCCCCOc1ccc(C(=O)Oc2ccc(CCc3ccc(F)cc3)nc2)cc1. The number of hydrogen-bond donors (Lipinski definition) is 0. The van der Waals surface area contributed by atoms with Gasteiger partial charge in [0.05, 0.1) is 18.4 Å². The van der Waals surface area contributed by atoms with Crippen molar-refractivity contribution in [2.75, 3.05) is 6.61 Å². The molecule has 0 aliphatic heterocycles. The van der Waals surface area contributed by atoms with Gasteiger partial charge in [0, 0.05) is 5.69 Å². The van der Waals surface area contributed by atoms with Gasteiger partial charge in [0.25, 0.3) is 0 Å². The van der Waals surface area contributed by atoms with Crippen molar-refractivity contribution in [1.82, 2.24) is 4.98 Å². The maximum Gasteiger partial charge on any atom is 0.343 e. The summed E-state index contributed by atoms with van der Waals surface area (Å²) in [5.41, 5.74) is 2.39. The second-order valence-corrected chi connectivity index (χ2v) is 8.50. The van der Waals surface area contributed by atoms with Crippen molar-refractivity contribution in [3.05, 3.63) is 89.5 Å². The van der Waals surface area contributed by atoms with Crippen molar-refractivity contribution in [2.45, 2.75) is 64.7 Å². The average molecular weight is 464 g/mol. The number of rotatable bonds is 14. The highest BCUT2D eigenvalue weighted by molar-refractivity contribution is 5.91. The van der Waals surface area contributed by atoms with Gasteiger partial charge in [-0.3, -0.25) is 4.98 Å². The van der Waals surface area contributed by atoms with Gasteiger partial charge in [-0.15, -0.1) is 0 Å². The second-order valence-electron chi connectivity index (χ2n) is 8.50. The van der Waals surface area contributed by atoms with Crippen LogP contribution in [0.3, 0.4) is 0 Å². The molecule has 4 nitrogen and oxygen atoms in total. The smallest absolute Gasteiger partial charge is 0.343 e. The van der Waals surface area contributed by atoms with E-state index in [0.717, 1.165) is 36.3 Å². The number of nitrogens with zero attached hydrogens (tertiary/aromatic N) is 1. The van der Waals surface area contributed by atoms with Crippen LogP contribution in [-0.4, -0.2) is 17.6 Å². The molecule has 0 saturated heterocycles. The van der Waals surface area contributed by atoms with Gasteiger partial charge in [0.2, 0.25) is 0 Å². The first kappa shape index (κ1) is 25.4. The summed E-state index contributed by atoms with van der Waals surface area (Å²) in [6, 6.07) is 17.1. The molecule has 0 aliphatic rings. The Morgan fingerprint density at radius 3 is 2.15 bits per heavy atom. The van der Waals surface area contributed by atoms with Gasteiger partial charge in [-0.1, -0.05) is 57.6 Å². The Hall–Kier alpha value is -3.21. The minimum Gasteiger partial charge on any atom is -0.494 e. The molecule has 0 amide bonds. The van der Waals surface area contributed by atoms with Gasteiger partial charge in [-0.05, 0) is 73.4 Å². The lowest BCUT2D eigenvalue weighted by atomic mass is 10.1. The molecule has 5 heteroatoms. The Labute approximate surface area is 202 Å². The number of carbonyl (C=O) groups excluding carboxylic acids is 1. The fourth-order valence-corrected chi connectivity index (χ4v) is 3.65. The number of carbonyl (C=O) groups is 1. The molecule has 3 rings (SSSR count). The zero-order chi connectivity index (χ0) is 24.0. The van der Waals surface area contributed by atoms with Crippen LogP contribution in [-0.2, 0) is 12.8 Å². The van der Waals surface area contributed by atoms with Gasteiger partial charge >= 0.3 is 5.97 Å². The maximum atomic E-state index is 13.0. The lowest BCUT2D eigenvalue weighted by Crippen LogP contribution is -2.09. The summed E-state index contributed by atoms with van der Waals surface area (Å²) in [7, 11) is 0. The Balaban J connectivity index is 1.38. The standard InChI is InChI=1S/C29H34FNO3/c1-2-3-4-5-6-7-8-21-33-27-18-12-24(13-19-27)29(32)34-28-20-17-26(31-22-28)16-11-23-9-14-25(30)15-10-23/h9-10,12-15,17-20,22H,2-8,11,16,21H2,1H3. The maximum absolute atomic E-state index is 13.0. The molecule has 0 fully saturated rings. The van der Waals surface area contributed by atoms with E-state index in [2.05, 4.69) is 11.9 Å². The van der Waals surface area contributed by atoms with Crippen molar-refractivity contribution < 1.29 is 18.7 Å². The van der Waals surface area contributed by atoms with Crippen molar-refractivity contribution in [1.29, 1.82) is 0 Å². The number of aromatic nitrogens is 1. The quantitative estimate of drug-likeness (QED) is 0.185. The van der Waals surface area contributed by atoms with Gasteiger partial charge in [-0.2, -0.15) is 0 Å². The molecule has 0 bridgehead atoms. The summed E-state index contributed by atoms with van der Waals surface area (Å²) in [5, 5.41) is 0. The number of esters is 1. The van der Waals surface area contributed by atoms with Crippen LogP contribution in [0.2, 0.25) is 0 Å². The summed E-state index contributed by atoms with van der Waals surface area (Å²) in [6.07, 6.45) is 11.8. The Bertz CT molecular complexity index is 985. The average Bonchev–Trinajstić information content (AvgIpc) is 2.86. The molecule has 0 aliphatic carbocycles. The van der Waals surface area contributed by atoms with Crippen LogP contribution in [0.5, 0.6) is 11.5 Å². The second kappa shape index (κ2) is 14.1. The van der Waals surface area contributed by atoms with E-state index < -0.39 is 5.97 Å². The van der Waals surface area contributed by atoms with E-state index in [1.165, 1.54) is 50.7 Å². The number of hydrogen-bond acceptors (Lipinski definition) is 4. The number of ether oxygens (including phenoxy) is 2. The molecule has 0 spiro atoms. The minimum absolute atomic E-state index is 0.237. The van der Waals surface area contributed by atoms with E-state index in [4.69, 9.17) is 9.47 Å². The highest BCUT2D eigenvalue weighted by Gasteiger charge is 2.09. The summed E-state index contributed by atoms with van der Waals surface area (Å²) >= 11 is 0. The molecule has 2 aromatic carbocycles. The Kier molecular flexibility index (Phi) is 10.6. The lowest BCUT2D eigenvalue weighted by molar-refractivity contribution is 0.0734. The highest BCUT2D eigenvalue weighted by atomic mass is 19.1. The lowest BCUT2D eigenvalue weighted by Gasteiger charge is -2.08. The van der Waals surface area contributed by atoms with Crippen LogP contribution in [0.4, 0.5) is 4.39 Å². The van der Waals surface area contributed by atoms with E-state index in [0.29, 0.717) is 17.9 Å². The van der Waals surface area contributed by atoms with Gasteiger partial charge < -0.3 is 9.47 Å². The van der Waals surface area contributed by atoms with Crippen LogP contribution in [0.1, 0.15) is 73.5 Å². The van der Waals surface area contributed by atoms with Crippen LogP contribution in [0.15, 0.2) is 66.9 Å². The minimum atomic E-state index is -0.431. The third-order valence-electron chi connectivity index (χ3n) is 5.70. The zero-order valence-electron chi connectivity index (χ0n) is 20.0. The molecule has 180 valence electrons. The predicted molar refractivity (Wildman–Crippen MR) is 133 cm³/mol. The molecule has 0 unspecified atom stereocenters. The van der Waals surface area contributed by atoms with E-state index in [1.807, 2.05) is 6.07 Å². The number of pyridine rings is 1. The number of benzene rings is 2. The molecule has 0 radical (unpaired) electrons. The fourth-order valence-electron chi connectivity index (χ4n) is 3.65. The number of unbranched alkanes of at least 4 members (excludes halogenated alkanes) is 6. The first-order valence-electron chi connectivity index (χ1n) is 12.3. The zero-order valence-corrected chi connectivity index (χ0v) is 20.0. The highest BCUT2D eigenvalue weighted by Crippen LogP contribution is 2.17. The summed E-state index contributed by atoms with van der Waals surface area (Å²) < 4.78 is 24.2. The van der Waals surface area contributed by atoms with Crippen molar-refractivity contribution >= 4 is 5.97 Å². The molecule has 0 atom stereocenters. The Morgan fingerprint density at radius 2 is 1.47 bits per heavy atom. The molecular formula is C29H34FNO3. The molecule has 3 aromatic rings. The fraction of sp³-hybridized carbons (Fsp3) is 0.379. The summed E-state index contributed by atoms with van der Waals surface area (Å²) in [6.45, 7) is 2.92. The van der Waals surface area contributed by atoms with Gasteiger partial charge in [0.1, 0.15) is 17.3 Å². The first-order chi connectivity index (χ1) is 16.6. The van der Waals surface area contributed by atoms with E-state index in [-0.39, 0.29) is 5.82 Å². The molecular weight excluding hydrogens is 429 g/mol. The summed E-state index contributed by atoms with van der Waals surface area (Å²) in [5.74, 6) is 0.489. The topological polar surface area (TPSA) is 48.4 Å². The number of halogens is 1. The van der Waals surface area contributed by atoms with Crippen molar-refractivity contribution in [3.63, 3.8) is 0 Å². The predicted octanol–water partition coefficient (Wildman–Crippen LogP) is 7.35. The molecule has 0 saturated carbocycles. The normalized spacial score (nSPS) is 10.8. The van der Waals surface area contributed by atoms with E-state index in [9.17, 15) is 9.18 Å². The van der Waals surface area contributed by atoms with Crippen LogP contribution in [0, 0.1) is 5.82 Å². The first-order valence-corrected chi connectivity index (χ1v) is 12.3. The van der Waals surface area contributed by atoms with Crippen molar-refractivity contribution in [2.24, 2.45) is 0 Å². The molecule has 0 N–H and O–H groups in total. The van der Waals surface area contributed by atoms with Crippen LogP contribution >= 0.6 is 0 Å². The monoisotopic (exact) mass is 463 g/mol. The molecule has 34 heavy (non-hydrogen) atoms. The van der Waals surface area contributed by atoms with Gasteiger partial charge in [-0.25, -0.2) is 9.18 Å². The summed E-state index contributed by atoms with van der Waals surface area (Å²) in [4.78, 5) is 16.8. The third kappa shape index (κ3) is 8.97. The van der Waals surface area contributed by atoms with E-state index >= 15 is 0 Å². The van der Waals surface area contributed by atoms with Crippen molar-refractivity contribution in [3.8, 4) is 11.5 Å². The largest absolute Gasteiger partial charge is 0.494 e. The Morgan fingerprint density at radius 1 is 0.794 bits per heavy atom. The van der Waals surface area contributed by atoms with Gasteiger partial charge in [0.15, 0.2) is 0 Å².